The summed E-state index contributed by atoms with van der Waals surface area (Å²) in [5.74, 6) is -0.108. The van der Waals surface area contributed by atoms with Crippen molar-refractivity contribution in [2.75, 3.05) is 5.32 Å². The Kier molecular flexibility index (Phi) is 5.35. The Morgan fingerprint density at radius 2 is 1.65 bits per heavy atom. The molecule has 2 nitrogen and oxygen atoms in total. The number of hydrogen-bond acceptors (Lipinski definition) is 2. The molecule has 0 aliphatic rings. The van der Waals surface area contributed by atoms with Crippen molar-refractivity contribution in [1.29, 1.82) is 0 Å². The van der Waals surface area contributed by atoms with Crippen LogP contribution in [0.1, 0.15) is 6.92 Å². The minimum Gasteiger partial charge on any atom is -0.324 e. The molecule has 20 heavy (non-hydrogen) atoms. The fourth-order valence-corrected chi connectivity index (χ4v) is 2.92. The Labute approximate surface area is 132 Å². The monoisotopic (exact) mass is 325 g/mol. The van der Waals surface area contributed by atoms with Gasteiger partial charge in [-0.05, 0) is 31.2 Å². The van der Waals surface area contributed by atoms with Gasteiger partial charge in [0.25, 0.3) is 0 Å². The van der Waals surface area contributed by atoms with Gasteiger partial charge in [-0.2, -0.15) is 0 Å². The van der Waals surface area contributed by atoms with Gasteiger partial charge in [-0.25, -0.2) is 0 Å². The highest BCUT2D eigenvalue weighted by atomic mass is 35.5. The summed E-state index contributed by atoms with van der Waals surface area (Å²) < 4.78 is 0. The van der Waals surface area contributed by atoms with E-state index < -0.39 is 0 Å². The average molecular weight is 326 g/mol. The summed E-state index contributed by atoms with van der Waals surface area (Å²) >= 11 is 13.5. The van der Waals surface area contributed by atoms with E-state index in [9.17, 15) is 4.79 Å². The van der Waals surface area contributed by atoms with Gasteiger partial charge in [0.2, 0.25) is 5.91 Å². The number of hydrogen-bond donors (Lipinski definition) is 1. The summed E-state index contributed by atoms with van der Waals surface area (Å²) in [6.45, 7) is 1.83. The average Bonchev–Trinajstić information content (AvgIpc) is 2.43. The number of anilines is 1. The maximum Gasteiger partial charge on any atom is 0.237 e. The van der Waals surface area contributed by atoms with Gasteiger partial charge in [0.15, 0.2) is 0 Å². The molecule has 0 saturated carbocycles. The van der Waals surface area contributed by atoms with Crippen molar-refractivity contribution < 1.29 is 4.79 Å². The molecule has 0 bridgehead atoms. The molecule has 2 aromatic rings. The quantitative estimate of drug-likeness (QED) is 0.791. The highest BCUT2D eigenvalue weighted by Gasteiger charge is 2.16. The van der Waals surface area contributed by atoms with Gasteiger partial charge in [-0.1, -0.05) is 47.5 Å². The highest BCUT2D eigenvalue weighted by Crippen LogP contribution is 2.31. The molecule has 0 fully saturated rings. The third kappa shape index (κ3) is 3.92. The van der Waals surface area contributed by atoms with Crippen LogP contribution in [-0.2, 0) is 4.79 Å². The summed E-state index contributed by atoms with van der Waals surface area (Å²) in [6.07, 6.45) is 0. The van der Waals surface area contributed by atoms with Crippen LogP contribution >= 0.6 is 35.0 Å². The van der Waals surface area contributed by atoms with Gasteiger partial charge in [-0.3, -0.25) is 4.79 Å². The maximum atomic E-state index is 12.1. The molecule has 1 N–H and O–H groups in total. The molecule has 0 unspecified atom stereocenters. The maximum absolute atomic E-state index is 12.1. The molecule has 0 aliphatic carbocycles. The van der Waals surface area contributed by atoms with Gasteiger partial charge >= 0.3 is 0 Å². The Morgan fingerprint density at radius 1 is 1.05 bits per heavy atom. The zero-order valence-corrected chi connectivity index (χ0v) is 13.1. The van der Waals surface area contributed by atoms with E-state index in [1.807, 2.05) is 43.3 Å². The smallest absolute Gasteiger partial charge is 0.237 e. The lowest BCUT2D eigenvalue weighted by atomic mass is 10.3. The second kappa shape index (κ2) is 7.02. The summed E-state index contributed by atoms with van der Waals surface area (Å²) in [6, 6.07) is 14.6. The molecule has 1 atom stereocenters. The van der Waals surface area contributed by atoms with Crippen molar-refractivity contribution in [3.05, 3.63) is 58.6 Å². The molecule has 0 spiro atoms. The van der Waals surface area contributed by atoms with Crippen LogP contribution < -0.4 is 5.32 Å². The van der Waals surface area contributed by atoms with E-state index in [1.165, 1.54) is 11.8 Å². The van der Waals surface area contributed by atoms with Crippen LogP contribution in [0.15, 0.2) is 53.4 Å². The number of carbonyl (C=O) groups is 1. The Bertz CT molecular complexity index is 618. The molecule has 0 saturated heterocycles. The van der Waals surface area contributed by atoms with Crippen molar-refractivity contribution in [3.63, 3.8) is 0 Å². The lowest BCUT2D eigenvalue weighted by Crippen LogP contribution is -2.22. The zero-order chi connectivity index (χ0) is 14.5. The summed E-state index contributed by atoms with van der Waals surface area (Å²) in [5, 5.41) is 3.71. The molecule has 1 amide bonds. The molecular formula is C15H13Cl2NOS. The minimum atomic E-state index is -0.272. The normalized spacial score (nSPS) is 11.9. The molecule has 104 valence electrons. The predicted molar refractivity (Wildman–Crippen MR) is 86.9 cm³/mol. The molecule has 0 heterocycles. The third-order valence-corrected chi connectivity index (χ3v) is 4.59. The molecular weight excluding hydrogens is 313 g/mol. The number of benzene rings is 2. The van der Waals surface area contributed by atoms with E-state index in [0.717, 1.165) is 4.90 Å². The second-order valence-corrected chi connectivity index (χ2v) is 6.36. The van der Waals surface area contributed by atoms with Gasteiger partial charge in [0.1, 0.15) is 0 Å². The van der Waals surface area contributed by atoms with Crippen molar-refractivity contribution in [2.45, 2.75) is 17.1 Å². The number of para-hydroxylation sites is 1. The van der Waals surface area contributed by atoms with Crippen LogP contribution in [0.5, 0.6) is 0 Å². The number of amides is 1. The molecule has 0 radical (unpaired) electrons. The standard InChI is InChI=1S/C15H13Cl2NOS/c1-10(20-14-9-5-3-7-12(14)17)15(19)18-13-8-4-2-6-11(13)16/h2-10H,1H3,(H,18,19)/t10-/m0/s1. The van der Waals surface area contributed by atoms with E-state index in [0.29, 0.717) is 15.7 Å². The number of carbonyl (C=O) groups excluding carboxylic acids is 1. The van der Waals surface area contributed by atoms with Crippen molar-refractivity contribution in [3.8, 4) is 0 Å². The molecule has 0 aromatic heterocycles. The van der Waals surface area contributed by atoms with Gasteiger partial charge < -0.3 is 5.32 Å². The van der Waals surface area contributed by atoms with E-state index in [-0.39, 0.29) is 11.2 Å². The van der Waals surface area contributed by atoms with Crippen LogP contribution in [0.4, 0.5) is 5.69 Å². The summed E-state index contributed by atoms with van der Waals surface area (Å²) in [5.41, 5.74) is 0.616. The Hall–Kier alpha value is -1.16. The van der Waals surface area contributed by atoms with Crippen LogP contribution in [0.3, 0.4) is 0 Å². The Morgan fingerprint density at radius 3 is 2.30 bits per heavy atom. The lowest BCUT2D eigenvalue weighted by Gasteiger charge is -2.13. The largest absolute Gasteiger partial charge is 0.324 e. The zero-order valence-electron chi connectivity index (χ0n) is 10.8. The number of rotatable bonds is 4. The summed E-state index contributed by atoms with van der Waals surface area (Å²) in [4.78, 5) is 13.0. The molecule has 0 aliphatic heterocycles. The predicted octanol–water partition coefficient (Wildman–Crippen LogP) is 5.11. The second-order valence-electron chi connectivity index (χ2n) is 4.16. The van der Waals surface area contributed by atoms with Crippen LogP contribution in [0.25, 0.3) is 0 Å². The summed E-state index contributed by atoms with van der Waals surface area (Å²) in [7, 11) is 0. The van der Waals surface area contributed by atoms with E-state index in [4.69, 9.17) is 23.2 Å². The fraction of sp³-hybridized carbons (Fsp3) is 0.133. The number of halogens is 2. The first kappa shape index (κ1) is 15.2. The van der Waals surface area contributed by atoms with Crippen LogP contribution in [0, 0.1) is 0 Å². The molecule has 2 aromatic carbocycles. The van der Waals surface area contributed by atoms with E-state index >= 15 is 0 Å². The van der Waals surface area contributed by atoms with Gasteiger partial charge in [0, 0.05) is 4.90 Å². The van der Waals surface area contributed by atoms with Crippen molar-refractivity contribution in [2.24, 2.45) is 0 Å². The molecule has 2 rings (SSSR count). The first-order chi connectivity index (χ1) is 9.58. The number of nitrogens with one attached hydrogen (secondary N) is 1. The van der Waals surface area contributed by atoms with E-state index in [1.54, 1.807) is 12.1 Å². The first-order valence-electron chi connectivity index (χ1n) is 6.04. The highest BCUT2D eigenvalue weighted by molar-refractivity contribution is 8.00. The van der Waals surface area contributed by atoms with Gasteiger partial charge in [-0.15, -0.1) is 11.8 Å². The van der Waals surface area contributed by atoms with Crippen molar-refractivity contribution in [1.82, 2.24) is 0 Å². The van der Waals surface area contributed by atoms with Crippen LogP contribution in [-0.4, -0.2) is 11.2 Å². The van der Waals surface area contributed by atoms with Crippen molar-refractivity contribution >= 4 is 46.6 Å². The fourth-order valence-electron chi connectivity index (χ4n) is 1.58. The SMILES string of the molecule is C[C@H](Sc1ccccc1Cl)C(=O)Nc1ccccc1Cl. The molecule has 5 heteroatoms. The van der Waals surface area contributed by atoms with E-state index in [2.05, 4.69) is 5.32 Å². The first-order valence-corrected chi connectivity index (χ1v) is 7.68. The third-order valence-electron chi connectivity index (χ3n) is 2.64. The number of thioether (sulfide) groups is 1. The minimum absolute atomic E-state index is 0.108. The van der Waals surface area contributed by atoms with Crippen LogP contribution in [0.2, 0.25) is 10.0 Å². The van der Waals surface area contributed by atoms with Gasteiger partial charge in [0.05, 0.1) is 21.0 Å². The Balaban J connectivity index is 2.03. The lowest BCUT2D eigenvalue weighted by molar-refractivity contribution is -0.115. The topological polar surface area (TPSA) is 29.1 Å².